The van der Waals surface area contributed by atoms with Gasteiger partial charge in [0.05, 0.1) is 4.92 Å². The van der Waals surface area contributed by atoms with Gasteiger partial charge in [0, 0.05) is 69.8 Å². The highest BCUT2D eigenvalue weighted by Gasteiger charge is 2.33. The Morgan fingerprint density at radius 1 is 1.18 bits per heavy atom. The fourth-order valence-electron chi connectivity index (χ4n) is 4.80. The first-order valence-corrected chi connectivity index (χ1v) is 12.0. The number of nitro groups is 1. The molecule has 33 heavy (non-hydrogen) atoms. The van der Waals surface area contributed by atoms with Crippen molar-refractivity contribution in [1.82, 2.24) is 19.4 Å². The largest absolute Gasteiger partial charge is 0.363 e. The average Bonchev–Trinajstić information content (AvgIpc) is 2.77. The van der Waals surface area contributed by atoms with Crippen LogP contribution in [0.1, 0.15) is 19.8 Å². The number of nitrogens with zero attached hydrogens (tertiary/aromatic N) is 6. The van der Waals surface area contributed by atoms with Crippen LogP contribution in [0.3, 0.4) is 0 Å². The van der Waals surface area contributed by atoms with E-state index in [1.165, 1.54) is 10.6 Å². The summed E-state index contributed by atoms with van der Waals surface area (Å²) in [6.45, 7) is 7.26. The van der Waals surface area contributed by atoms with Crippen molar-refractivity contribution in [1.29, 1.82) is 0 Å². The number of aromatic nitrogens is 2. The van der Waals surface area contributed by atoms with Crippen molar-refractivity contribution in [3.63, 3.8) is 0 Å². The molecule has 3 heterocycles. The van der Waals surface area contributed by atoms with Gasteiger partial charge < -0.3 is 19.7 Å². The molecule has 1 unspecified atom stereocenters. The van der Waals surface area contributed by atoms with E-state index >= 15 is 0 Å². The second-order valence-corrected chi connectivity index (χ2v) is 9.79. The van der Waals surface area contributed by atoms with E-state index in [0.717, 1.165) is 45.6 Å². The fraction of sp³-hybridized carbons (Fsp3) is 0.545. The molecule has 0 aliphatic carbocycles. The minimum absolute atomic E-state index is 0.0247. The molecule has 2 aliphatic rings. The third-order valence-corrected chi connectivity index (χ3v) is 7.07. The Kier molecular flexibility index (Phi) is 7.01. The predicted molar refractivity (Wildman–Crippen MR) is 132 cm³/mol. The van der Waals surface area contributed by atoms with E-state index in [-0.39, 0.29) is 28.0 Å². The van der Waals surface area contributed by atoms with Crippen molar-refractivity contribution >= 4 is 38.8 Å². The van der Waals surface area contributed by atoms with Gasteiger partial charge in [-0.1, -0.05) is 0 Å². The van der Waals surface area contributed by atoms with Gasteiger partial charge in [-0.05, 0) is 54.9 Å². The number of rotatable bonds is 5. The Hall–Kier alpha value is -2.50. The van der Waals surface area contributed by atoms with Crippen LogP contribution in [0, 0.1) is 10.1 Å². The smallest absolute Gasteiger partial charge is 0.294 e. The lowest BCUT2D eigenvalue weighted by Crippen LogP contribution is -2.54. The van der Waals surface area contributed by atoms with Crippen LogP contribution in [0.5, 0.6) is 0 Å². The zero-order valence-corrected chi connectivity index (χ0v) is 20.8. The summed E-state index contributed by atoms with van der Waals surface area (Å²) in [5.74, 6) is 0.107. The van der Waals surface area contributed by atoms with E-state index in [1.807, 2.05) is 0 Å². The number of halogens is 1. The van der Waals surface area contributed by atoms with Crippen LogP contribution in [0.15, 0.2) is 33.8 Å². The maximum absolute atomic E-state index is 12.3. The number of likely N-dealkylation sites (N-methyl/N-ethyl adjacent to an activating group) is 1. The molecule has 0 saturated carbocycles. The van der Waals surface area contributed by atoms with Gasteiger partial charge in [0.2, 0.25) is 0 Å². The summed E-state index contributed by atoms with van der Waals surface area (Å²) >= 11 is 3.27. The lowest BCUT2D eigenvalue weighted by molar-refractivity contribution is -0.384. The van der Waals surface area contributed by atoms with E-state index in [0.29, 0.717) is 22.0 Å². The van der Waals surface area contributed by atoms with Crippen molar-refractivity contribution < 1.29 is 4.92 Å². The minimum Gasteiger partial charge on any atom is -0.363 e. The standard InChI is InChI=1S/C22H30BrN7O3/c1-15-12-17(28-10-8-26(2)9-11-28)6-7-29(15)18-5-4-16(13-19(18)30(32)33)24-21-22(31)27(3)14-20(23)25-21/h4-5,13-15,17H,6-12H2,1-3H3,(H,24,25)/t15-,17?/m0/s1. The molecule has 0 radical (unpaired) electrons. The monoisotopic (exact) mass is 519 g/mol. The number of piperidine rings is 1. The Morgan fingerprint density at radius 2 is 1.91 bits per heavy atom. The maximum atomic E-state index is 12.3. The number of aryl methyl sites for hydroxylation is 1. The molecule has 4 rings (SSSR count). The SMILES string of the molecule is C[C@H]1CC(N2CCN(C)CC2)CCN1c1ccc(Nc2nc(Br)cn(C)c2=O)cc1[N+](=O)[O-]. The molecule has 178 valence electrons. The van der Waals surface area contributed by atoms with E-state index < -0.39 is 0 Å². The molecule has 0 spiro atoms. The van der Waals surface area contributed by atoms with E-state index in [4.69, 9.17) is 0 Å². The Labute approximate surface area is 201 Å². The molecule has 2 aromatic rings. The zero-order valence-electron chi connectivity index (χ0n) is 19.2. The first-order valence-electron chi connectivity index (χ1n) is 11.2. The molecule has 2 saturated heterocycles. The van der Waals surface area contributed by atoms with Crippen LogP contribution in [0.4, 0.5) is 22.9 Å². The first kappa shape index (κ1) is 23.7. The minimum atomic E-state index is -0.355. The van der Waals surface area contributed by atoms with Gasteiger partial charge in [-0.15, -0.1) is 0 Å². The van der Waals surface area contributed by atoms with Gasteiger partial charge in [-0.25, -0.2) is 4.98 Å². The summed E-state index contributed by atoms with van der Waals surface area (Å²) in [6, 6.07) is 5.74. The van der Waals surface area contributed by atoms with Gasteiger partial charge in [-0.3, -0.25) is 19.8 Å². The van der Waals surface area contributed by atoms with Gasteiger partial charge in [-0.2, -0.15) is 0 Å². The molecule has 11 heteroatoms. The number of anilines is 3. The zero-order chi connectivity index (χ0) is 23.7. The summed E-state index contributed by atoms with van der Waals surface area (Å²) in [5.41, 5.74) is 0.777. The number of hydrogen-bond acceptors (Lipinski definition) is 8. The molecular weight excluding hydrogens is 490 g/mol. The van der Waals surface area contributed by atoms with Crippen LogP contribution in [-0.2, 0) is 7.05 Å². The Morgan fingerprint density at radius 3 is 2.58 bits per heavy atom. The van der Waals surface area contributed by atoms with Crippen LogP contribution in [-0.4, -0.2) is 76.1 Å². The topological polar surface area (TPSA) is 99.8 Å². The molecule has 1 aromatic heterocycles. The molecule has 0 bridgehead atoms. The lowest BCUT2D eigenvalue weighted by atomic mass is 9.95. The summed E-state index contributed by atoms with van der Waals surface area (Å²) in [7, 11) is 3.78. The second kappa shape index (κ2) is 9.78. The van der Waals surface area contributed by atoms with Gasteiger partial charge >= 0.3 is 0 Å². The molecular formula is C22H30BrN7O3. The molecule has 2 fully saturated rings. The van der Waals surface area contributed by atoms with Crippen LogP contribution in [0.25, 0.3) is 0 Å². The number of benzene rings is 1. The van der Waals surface area contributed by atoms with Crippen molar-refractivity contribution in [3.05, 3.63) is 49.5 Å². The molecule has 1 N–H and O–H groups in total. The van der Waals surface area contributed by atoms with Crippen molar-refractivity contribution in [2.75, 3.05) is 50.0 Å². The van der Waals surface area contributed by atoms with Gasteiger partial charge in [0.1, 0.15) is 10.3 Å². The highest BCUT2D eigenvalue weighted by molar-refractivity contribution is 9.10. The second-order valence-electron chi connectivity index (χ2n) is 8.97. The lowest BCUT2D eigenvalue weighted by Gasteiger charge is -2.45. The molecule has 2 aliphatic heterocycles. The highest BCUT2D eigenvalue weighted by atomic mass is 79.9. The quantitative estimate of drug-likeness (QED) is 0.475. The third kappa shape index (κ3) is 5.20. The Balaban J connectivity index is 1.53. The number of nitrogens with one attached hydrogen (secondary N) is 1. The van der Waals surface area contributed by atoms with E-state index in [9.17, 15) is 14.9 Å². The molecule has 0 amide bonds. The molecule has 10 nitrogen and oxygen atoms in total. The first-order chi connectivity index (χ1) is 15.7. The average molecular weight is 520 g/mol. The highest BCUT2D eigenvalue weighted by Crippen LogP contribution is 2.36. The molecule has 2 atom stereocenters. The van der Waals surface area contributed by atoms with Crippen molar-refractivity contribution in [2.24, 2.45) is 7.05 Å². The Bertz CT molecular complexity index is 1080. The van der Waals surface area contributed by atoms with Crippen molar-refractivity contribution in [3.8, 4) is 0 Å². The summed E-state index contributed by atoms with van der Waals surface area (Å²) in [4.78, 5) is 35.2. The van der Waals surface area contributed by atoms with Gasteiger partial charge in [0.25, 0.3) is 11.2 Å². The molecule has 1 aromatic carbocycles. The number of piperazine rings is 1. The van der Waals surface area contributed by atoms with Crippen molar-refractivity contribution in [2.45, 2.75) is 31.8 Å². The maximum Gasteiger partial charge on any atom is 0.294 e. The summed E-state index contributed by atoms with van der Waals surface area (Å²) in [5, 5.41) is 14.9. The summed E-state index contributed by atoms with van der Waals surface area (Å²) < 4.78 is 1.89. The van der Waals surface area contributed by atoms with Gasteiger partial charge in [0.15, 0.2) is 5.82 Å². The number of nitro benzene ring substituents is 1. The number of hydrogen-bond donors (Lipinski definition) is 1. The summed E-state index contributed by atoms with van der Waals surface area (Å²) in [6.07, 6.45) is 3.54. The normalized spacial score (nSPS) is 22.4. The van der Waals surface area contributed by atoms with Crippen LogP contribution >= 0.6 is 15.9 Å². The van der Waals surface area contributed by atoms with Crippen LogP contribution < -0.4 is 15.8 Å². The van der Waals surface area contributed by atoms with Crippen LogP contribution in [0.2, 0.25) is 0 Å². The van der Waals surface area contributed by atoms with E-state index in [2.05, 4.69) is 54.9 Å². The predicted octanol–water partition coefficient (Wildman–Crippen LogP) is 2.80. The van der Waals surface area contributed by atoms with E-state index in [1.54, 1.807) is 25.4 Å². The third-order valence-electron chi connectivity index (χ3n) is 6.69. The fourth-order valence-corrected chi connectivity index (χ4v) is 5.29.